The molecule has 10 aromatic rings. The Bertz CT molecular complexity index is 3110. The van der Waals surface area contributed by atoms with Crippen LogP contribution >= 0.6 is 0 Å². The third-order valence-corrected chi connectivity index (χ3v) is 12.0. The Kier molecular flexibility index (Phi) is 6.29. The fraction of sp³-hybridized carbons (Fsp3) is 0.0189. The van der Waals surface area contributed by atoms with Crippen molar-refractivity contribution >= 4 is 49.8 Å². The molecule has 0 saturated heterocycles. The average molecular weight is 700 g/mol. The molecule has 12 rings (SSSR count). The van der Waals surface area contributed by atoms with Crippen LogP contribution in [0, 0.1) is 0 Å². The summed E-state index contributed by atoms with van der Waals surface area (Å²) in [6.45, 7) is 0. The first-order chi connectivity index (χ1) is 27.3. The van der Waals surface area contributed by atoms with Crippen LogP contribution in [0.3, 0.4) is 0 Å². The maximum absolute atomic E-state index is 6.11. The van der Waals surface area contributed by atoms with Crippen LogP contribution in [0.25, 0.3) is 66.1 Å². The van der Waals surface area contributed by atoms with Crippen LogP contribution in [0.4, 0.5) is 17.1 Å². The Balaban J connectivity index is 0.996. The second-order valence-corrected chi connectivity index (χ2v) is 14.8. The minimum atomic E-state index is -0.348. The second-order valence-electron chi connectivity index (χ2n) is 14.8. The molecule has 1 aromatic heterocycles. The summed E-state index contributed by atoms with van der Waals surface area (Å²) in [6, 6.07) is 73.3. The monoisotopic (exact) mass is 699 g/mol. The molecule has 0 bridgehead atoms. The van der Waals surface area contributed by atoms with Gasteiger partial charge in [0.05, 0.1) is 5.41 Å². The van der Waals surface area contributed by atoms with Gasteiger partial charge in [0.1, 0.15) is 11.2 Å². The summed E-state index contributed by atoms with van der Waals surface area (Å²) >= 11 is 0. The summed E-state index contributed by atoms with van der Waals surface area (Å²) < 4.78 is 6.11. The van der Waals surface area contributed by atoms with E-state index in [4.69, 9.17) is 4.42 Å². The molecule has 0 N–H and O–H groups in total. The molecule has 0 saturated carbocycles. The van der Waals surface area contributed by atoms with Crippen molar-refractivity contribution in [1.29, 1.82) is 0 Å². The van der Waals surface area contributed by atoms with Crippen LogP contribution in [-0.4, -0.2) is 0 Å². The van der Waals surface area contributed by atoms with E-state index in [1.54, 1.807) is 0 Å². The zero-order valence-corrected chi connectivity index (χ0v) is 29.9. The van der Waals surface area contributed by atoms with Crippen LogP contribution in [-0.2, 0) is 5.41 Å². The second kappa shape index (κ2) is 11.4. The summed E-state index contributed by atoms with van der Waals surface area (Å²) in [5.74, 6) is 0. The van der Waals surface area contributed by atoms with Gasteiger partial charge in [0.2, 0.25) is 0 Å². The van der Waals surface area contributed by atoms with Gasteiger partial charge in [-0.25, -0.2) is 0 Å². The van der Waals surface area contributed by atoms with Gasteiger partial charge in [0.25, 0.3) is 0 Å². The number of nitrogens with zero attached hydrogens (tertiary/aromatic N) is 1. The number of fused-ring (bicyclic) bond motifs is 14. The van der Waals surface area contributed by atoms with E-state index in [2.05, 4.69) is 193 Å². The smallest absolute Gasteiger partial charge is 0.135 e. The molecule has 2 aliphatic carbocycles. The molecule has 0 atom stereocenters. The van der Waals surface area contributed by atoms with Gasteiger partial charge in [-0.2, -0.15) is 0 Å². The lowest BCUT2D eigenvalue weighted by molar-refractivity contribution is 0.669. The predicted molar refractivity (Wildman–Crippen MR) is 228 cm³/mol. The highest BCUT2D eigenvalue weighted by Crippen LogP contribution is 2.63. The summed E-state index contributed by atoms with van der Waals surface area (Å²) in [6.07, 6.45) is 0. The Hall–Kier alpha value is -7.16. The fourth-order valence-electron chi connectivity index (χ4n) is 9.70. The van der Waals surface area contributed by atoms with Gasteiger partial charge in [-0.3, -0.25) is 0 Å². The number of hydrogen-bond acceptors (Lipinski definition) is 2. The molecule has 2 heteroatoms. The Morgan fingerprint density at radius 1 is 0.327 bits per heavy atom. The van der Waals surface area contributed by atoms with Crippen molar-refractivity contribution in [1.82, 2.24) is 0 Å². The van der Waals surface area contributed by atoms with Crippen molar-refractivity contribution in [2.24, 2.45) is 0 Å². The molecule has 2 nitrogen and oxygen atoms in total. The third-order valence-electron chi connectivity index (χ3n) is 12.0. The summed E-state index contributed by atoms with van der Waals surface area (Å²) in [5.41, 5.74) is 17.9. The fourth-order valence-corrected chi connectivity index (χ4v) is 9.70. The van der Waals surface area contributed by atoms with E-state index in [1.165, 1.54) is 66.4 Å². The van der Waals surface area contributed by atoms with Crippen LogP contribution in [0.2, 0.25) is 0 Å². The highest BCUT2D eigenvalue weighted by molar-refractivity contribution is 6.06. The van der Waals surface area contributed by atoms with E-state index in [0.29, 0.717) is 0 Å². The lowest BCUT2D eigenvalue weighted by Crippen LogP contribution is -2.25. The number of furan rings is 1. The van der Waals surface area contributed by atoms with Crippen molar-refractivity contribution in [3.8, 4) is 33.4 Å². The standard InChI is InChI=1S/C53H33NO/c1-2-12-38(13-3-1)54(39-26-22-34(23-27-39)35-25-29-52-46(31-35)44-17-7-11-21-51(44)55-52)40-28-24-36-33-50-45(32-37(36)30-40)43-16-6-10-20-49(43)53(50)47-18-8-4-14-41(47)42-15-5-9-19-48(42)53/h1-33H. The zero-order chi connectivity index (χ0) is 36.1. The lowest BCUT2D eigenvalue weighted by atomic mass is 9.70. The SMILES string of the molecule is c1ccc(N(c2ccc(-c3ccc4oc5ccccc5c4c3)cc2)c2ccc3cc4c(cc3c2)-c2ccccc2C42c3ccccc3-c3ccccc32)cc1. The maximum Gasteiger partial charge on any atom is 0.135 e. The van der Waals surface area contributed by atoms with E-state index in [0.717, 1.165) is 39.0 Å². The number of rotatable bonds is 4. The lowest BCUT2D eigenvalue weighted by Gasteiger charge is -2.30. The number of hydrogen-bond donors (Lipinski definition) is 0. The van der Waals surface area contributed by atoms with Gasteiger partial charge >= 0.3 is 0 Å². The van der Waals surface area contributed by atoms with Crippen molar-refractivity contribution in [2.75, 3.05) is 4.90 Å². The van der Waals surface area contributed by atoms with Crippen molar-refractivity contribution in [3.63, 3.8) is 0 Å². The molecule has 0 aliphatic heterocycles. The summed E-state index contributed by atoms with van der Waals surface area (Å²) in [4.78, 5) is 2.36. The molecule has 0 unspecified atom stereocenters. The van der Waals surface area contributed by atoms with E-state index in [1.807, 2.05) is 12.1 Å². The highest BCUT2D eigenvalue weighted by atomic mass is 16.3. The summed E-state index contributed by atoms with van der Waals surface area (Å²) in [5, 5.41) is 4.74. The molecular weight excluding hydrogens is 667 g/mol. The maximum atomic E-state index is 6.11. The van der Waals surface area contributed by atoms with Gasteiger partial charge in [0, 0.05) is 27.8 Å². The molecule has 0 fully saturated rings. The van der Waals surface area contributed by atoms with Crippen LogP contribution in [0.15, 0.2) is 205 Å². The Morgan fingerprint density at radius 2 is 0.891 bits per heavy atom. The van der Waals surface area contributed by atoms with Gasteiger partial charge in [0.15, 0.2) is 0 Å². The molecule has 256 valence electrons. The largest absolute Gasteiger partial charge is 0.456 e. The molecule has 1 spiro atoms. The van der Waals surface area contributed by atoms with Crippen LogP contribution in [0.1, 0.15) is 22.3 Å². The Morgan fingerprint density at radius 3 is 1.62 bits per heavy atom. The van der Waals surface area contributed by atoms with Crippen LogP contribution < -0.4 is 4.90 Å². The van der Waals surface area contributed by atoms with Crippen molar-refractivity contribution < 1.29 is 4.42 Å². The van der Waals surface area contributed by atoms with E-state index in [9.17, 15) is 0 Å². The normalized spacial score (nSPS) is 13.2. The number of anilines is 3. The molecule has 9 aromatic carbocycles. The third kappa shape index (κ3) is 4.25. The minimum absolute atomic E-state index is 0.348. The first-order valence-electron chi connectivity index (χ1n) is 19.0. The molecule has 55 heavy (non-hydrogen) atoms. The quantitative estimate of drug-likeness (QED) is 0.182. The molecular formula is C53H33NO. The Labute approximate surface area is 319 Å². The minimum Gasteiger partial charge on any atom is -0.456 e. The van der Waals surface area contributed by atoms with E-state index < -0.39 is 0 Å². The van der Waals surface area contributed by atoms with Gasteiger partial charge in [-0.1, -0.05) is 133 Å². The van der Waals surface area contributed by atoms with Crippen molar-refractivity contribution in [3.05, 3.63) is 222 Å². The van der Waals surface area contributed by atoms with Gasteiger partial charge in [-0.15, -0.1) is 0 Å². The highest BCUT2D eigenvalue weighted by Gasteiger charge is 2.51. The molecule has 0 radical (unpaired) electrons. The zero-order valence-electron chi connectivity index (χ0n) is 29.9. The van der Waals surface area contributed by atoms with Gasteiger partial charge in [-0.05, 0) is 133 Å². The average Bonchev–Trinajstić information content (AvgIpc) is 3.87. The van der Waals surface area contributed by atoms with Crippen LogP contribution in [0.5, 0.6) is 0 Å². The summed E-state index contributed by atoms with van der Waals surface area (Å²) in [7, 11) is 0. The molecule has 1 heterocycles. The van der Waals surface area contributed by atoms with Crippen molar-refractivity contribution in [2.45, 2.75) is 5.41 Å². The first-order valence-corrected chi connectivity index (χ1v) is 19.0. The van der Waals surface area contributed by atoms with E-state index >= 15 is 0 Å². The first kappa shape index (κ1) is 30.3. The topological polar surface area (TPSA) is 16.4 Å². The molecule has 2 aliphatic rings. The predicted octanol–water partition coefficient (Wildman–Crippen LogP) is 14.2. The van der Waals surface area contributed by atoms with E-state index in [-0.39, 0.29) is 5.41 Å². The number of benzene rings is 9. The van der Waals surface area contributed by atoms with Gasteiger partial charge < -0.3 is 9.32 Å². The number of para-hydroxylation sites is 2. The molecule has 0 amide bonds.